The number of carbonyl (C=O) groups excluding carboxylic acids is 2. The first-order valence-corrected chi connectivity index (χ1v) is 8.58. The molecular weight excluding hydrogens is 389 g/mol. The molecule has 0 aliphatic rings. The zero-order valence-electron chi connectivity index (χ0n) is 15.3. The Kier molecular flexibility index (Phi) is 7.83. The van der Waals surface area contributed by atoms with Gasteiger partial charge >= 0.3 is 5.97 Å². The third kappa shape index (κ3) is 6.28. The number of amides is 1. The number of benzene rings is 2. The van der Waals surface area contributed by atoms with Crippen LogP contribution in [-0.2, 0) is 20.9 Å². The van der Waals surface area contributed by atoms with E-state index in [4.69, 9.17) is 25.8 Å². The van der Waals surface area contributed by atoms with E-state index < -0.39 is 24.3 Å². The third-order valence-electron chi connectivity index (χ3n) is 3.64. The number of nitrogens with one attached hydrogen (secondary N) is 1. The van der Waals surface area contributed by atoms with Gasteiger partial charge in [0.1, 0.15) is 5.82 Å². The summed E-state index contributed by atoms with van der Waals surface area (Å²) in [4.78, 5) is 23.5. The molecule has 0 aliphatic carbocycles. The summed E-state index contributed by atoms with van der Waals surface area (Å²) in [5, 5.41) is 2.58. The summed E-state index contributed by atoms with van der Waals surface area (Å²) >= 11 is 5.66. The average Bonchev–Trinajstić information content (AvgIpc) is 2.71. The summed E-state index contributed by atoms with van der Waals surface area (Å²) in [6, 6.07) is 9.27. The van der Waals surface area contributed by atoms with E-state index in [0.717, 1.165) is 11.6 Å². The molecule has 148 valence electrons. The van der Waals surface area contributed by atoms with Gasteiger partial charge in [-0.2, -0.15) is 0 Å². The number of ether oxygens (including phenoxy) is 3. The van der Waals surface area contributed by atoms with Crippen molar-refractivity contribution in [3.8, 4) is 11.5 Å². The smallest absolute Gasteiger partial charge is 0.331 e. The molecule has 0 heterocycles. The summed E-state index contributed by atoms with van der Waals surface area (Å²) in [5.74, 6) is -0.580. The van der Waals surface area contributed by atoms with Crippen molar-refractivity contribution in [1.82, 2.24) is 5.32 Å². The minimum atomic E-state index is -0.707. The van der Waals surface area contributed by atoms with Crippen LogP contribution in [0.3, 0.4) is 0 Å². The number of esters is 1. The van der Waals surface area contributed by atoms with E-state index in [1.165, 1.54) is 38.5 Å². The number of hydrogen-bond acceptors (Lipinski definition) is 5. The molecule has 0 aliphatic heterocycles. The van der Waals surface area contributed by atoms with Gasteiger partial charge in [-0.25, -0.2) is 9.18 Å². The Hall–Kier alpha value is -3.06. The quantitative estimate of drug-likeness (QED) is 0.536. The molecular formula is C20H19ClFNO5. The van der Waals surface area contributed by atoms with E-state index in [1.54, 1.807) is 18.2 Å². The number of carbonyl (C=O) groups is 2. The van der Waals surface area contributed by atoms with Crippen molar-refractivity contribution in [2.45, 2.75) is 6.54 Å². The second-order valence-electron chi connectivity index (χ2n) is 5.58. The van der Waals surface area contributed by atoms with Crippen LogP contribution in [0.2, 0.25) is 5.02 Å². The van der Waals surface area contributed by atoms with Crippen LogP contribution in [0.5, 0.6) is 11.5 Å². The molecule has 28 heavy (non-hydrogen) atoms. The maximum atomic E-state index is 13.1. The van der Waals surface area contributed by atoms with E-state index in [1.807, 2.05) is 0 Å². The molecule has 1 amide bonds. The fourth-order valence-corrected chi connectivity index (χ4v) is 2.40. The molecule has 0 bridgehead atoms. The zero-order chi connectivity index (χ0) is 20.5. The first kappa shape index (κ1) is 21.2. The van der Waals surface area contributed by atoms with Gasteiger partial charge in [-0.05, 0) is 41.5 Å². The van der Waals surface area contributed by atoms with Gasteiger partial charge in [0.25, 0.3) is 5.91 Å². The maximum Gasteiger partial charge on any atom is 0.331 e. The van der Waals surface area contributed by atoms with Crippen LogP contribution < -0.4 is 14.8 Å². The predicted octanol–water partition coefficient (Wildman–Crippen LogP) is 3.37. The number of rotatable bonds is 8. The van der Waals surface area contributed by atoms with Crippen LogP contribution in [0.4, 0.5) is 4.39 Å². The lowest BCUT2D eigenvalue weighted by atomic mass is 10.2. The highest BCUT2D eigenvalue weighted by atomic mass is 35.5. The van der Waals surface area contributed by atoms with Crippen molar-refractivity contribution >= 4 is 29.6 Å². The van der Waals surface area contributed by atoms with Gasteiger partial charge in [0, 0.05) is 12.6 Å². The molecule has 0 atom stereocenters. The van der Waals surface area contributed by atoms with Crippen LogP contribution in [0.25, 0.3) is 6.08 Å². The van der Waals surface area contributed by atoms with Crippen LogP contribution in [0, 0.1) is 5.82 Å². The first-order chi connectivity index (χ1) is 13.4. The van der Waals surface area contributed by atoms with Gasteiger partial charge in [-0.1, -0.05) is 23.7 Å². The number of hydrogen-bond donors (Lipinski definition) is 1. The average molecular weight is 408 g/mol. The number of methoxy groups -OCH3 is 2. The van der Waals surface area contributed by atoms with Crippen LogP contribution in [-0.4, -0.2) is 32.7 Å². The number of halogens is 2. The molecule has 2 aromatic rings. The van der Waals surface area contributed by atoms with E-state index in [-0.39, 0.29) is 11.6 Å². The summed E-state index contributed by atoms with van der Waals surface area (Å²) in [7, 11) is 3.06. The molecule has 0 saturated heterocycles. The Morgan fingerprint density at radius 2 is 1.86 bits per heavy atom. The van der Waals surface area contributed by atoms with Crippen molar-refractivity contribution in [2.75, 3.05) is 20.8 Å². The van der Waals surface area contributed by atoms with Crippen LogP contribution in [0.15, 0.2) is 42.5 Å². The first-order valence-electron chi connectivity index (χ1n) is 8.20. The molecule has 8 heteroatoms. The molecule has 0 fully saturated rings. The Morgan fingerprint density at radius 1 is 1.11 bits per heavy atom. The summed E-state index contributed by atoms with van der Waals surface area (Å²) < 4.78 is 28.3. The second-order valence-corrected chi connectivity index (χ2v) is 5.99. The second kappa shape index (κ2) is 10.3. The van der Waals surface area contributed by atoms with Crippen molar-refractivity contribution in [1.29, 1.82) is 0 Å². The lowest BCUT2D eigenvalue weighted by Gasteiger charge is -2.10. The van der Waals surface area contributed by atoms with Crippen molar-refractivity contribution in [3.05, 3.63) is 64.4 Å². The molecule has 0 radical (unpaired) electrons. The molecule has 2 rings (SSSR count). The molecule has 0 spiro atoms. The van der Waals surface area contributed by atoms with Gasteiger partial charge in [-0.15, -0.1) is 0 Å². The predicted molar refractivity (Wildman–Crippen MR) is 103 cm³/mol. The highest BCUT2D eigenvalue weighted by Crippen LogP contribution is 2.27. The largest absolute Gasteiger partial charge is 0.493 e. The standard InChI is InChI=1S/C20H19ClFNO5/c1-26-17-7-4-14(10-18(17)27-2)11-23-19(24)12-28-20(25)8-5-13-3-6-16(22)15(21)9-13/h3-10H,11-12H2,1-2H3,(H,23,24)/b8-5+. The zero-order valence-corrected chi connectivity index (χ0v) is 16.1. The fourth-order valence-electron chi connectivity index (χ4n) is 2.21. The van der Waals surface area contributed by atoms with Gasteiger partial charge in [0.15, 0.2) is 18.1 Å². The minimum absolute atomic E-state index is 0.0509. The summed E-state index contributed by atoms with van der Waals surface area (Å²) in [6.07, 6.45) is 2.54. The Bertz CT molecular complexity index is 885. The molecule has 0 aromatic heterocycles. The SMILES string of the molecule is COc1ccc(CNC(=O)COC(=O)/C=C/c2ccc(F)c(Cl)c2)cc1OC. The van der Waals surface area contributed by atoms with Crippen molar-refractivity contribution in [2.24, 2.45) is 0 Å². The molecule has 2 aromatic carbocycles. The van der Waals surface area contributed by atoms with Crippen molar-refractivity contribution < 1.29 is 28.2 Å². The Labute approximate surface area is 166 Å². The van der Waals surface area contributed by atoms with E-state index in [0.29, 0.717) is 17.1 Å². The van der Waals surface area contributed by atoms with E-state index in [9.17, 15) is 14.0 Å². The summed E-state index contributed by atoms with van der Waals surface area (Å²) in [6.45, 7) is -0.193. The van der Waals surface area contributed by atoms with Crippen LogP contribution in [0.1, 0.15) is 11.1 Å². The molecule has 6 nitrogen and oxygen atoms in total. The molecule has 0 unspecified atom stereocenters. The lowest BCUT2D eigenvalue weighted by Crippen LogP contribution is -2.28. The minimum Gasteiger partial charge on any atom is -0.493 e. The molecule has 0 saturated carbocycles. The topological polar surface area (TPSA) is 73.9 Å². The van der Waals surface area contributed by atoms with Crippen LogP contribution >= 0.6 is 11.6 Å². The van der Waals surface area contributed by atoms with Gasteiger partial charge in [0.2, 0.25) is 0 Å². The van der Waals surface area contributed by atoms with Gasteiger partial charge < -0.3 is 19.5 Å². The normalized spacial score (nSPS) is 10.6. The fraction of sp³-hybridized carbons (Fsp3) is 0.200. The van der Waals surface area contributed by atoms with Gasteiger partial charge in [-0.3, -0.25) is 4.79 Å². The Balaban J connectivity index is 1.79. The molecule has 1 N–H and O–H groups in total. The Morgan fingerprint density at radius 3 is 2.54 bits per heavy atom. The van der Waals surface area contributed by atoms with E-state index in [2.05, 4.69) is 5.32 Å². The third-order valence-corrected chi connectivity index (χ3v) is 3.93. The monoisotopic (exact) mass is 407 g/mol. The lowest BCUT2D eigenvalue weighted by molar-refractivity contribution is -0.143. The van der Waals surface area contributed by atoms with Crippen molar-refractivity contribution in [3.63, 3.8) is 0 Å². The maximum absolute atomic E-state index is 13.1. The highest BCUT2D eigenvalue weighted by molar-refractivity contribution is 6.30. The van der Waals surface area contributed by atoms with E-state index >= 15 is 0 Å². The summed E-state index contributed by atoms with van der Waals surface area (Å²) in [5.41, 5.74) is 1.33. The van der Waals surface area contributed by atoms with Gasteiger partial charge in [0.05, 0.1) is 19.2 Å². The highest BCUT2D eigenvalue weighted by Gasteiger charge is 2.08.